The van der Waals surface area contributed by atoms with E-state index < -0.39 is 5.82 Å². The molecule has 1 aromatic carbocycles. The molecule has 4 heterocycles. The number of nitrogens with zero attached hydrogens (tertiary/aromatic N) is 3. The lowest BCUT2D eigenvalue weighted by atomic mass is 9.91. The Morgan fingerprint density at radius 2 is 2.15 bits per heavy atom. The molecule has 0 amide bonds. The lowest BCUT2D eigenvalue weighted by Gasteiger charge is -2.27. The molecule has 2 aliphatic rings. The number of para-hydroxylation sites is 1. The lowest BCUT2D eigenvalue weighted by Crippen LogP contribution is -2.29. The summed E-state index contributed by atoms with van der Waals surface area (Å²) in [5, 5.41) is 8.11. The molecule has 0 radical (unpaired) electrons. The number of aromatic amines is 1. The van der Waals surface area contributed by atoms with Crippen molar-refractivity contribution in [2.75, 3.05) is 30.9 Å². The monoisotopic (exact) mass is 446 g/mol. The Kier molecular flexibility index (Phi) is 4.74. The molecule has 0 unspecified atom stereocenters. The van der Waals surface area contributed by atoms with Crippen molar-refractivity contribution in [3.05, 3.63) is 53.6 Å². The Hall–Kier alpha value is -3.88. The zero-order valence-corrected chi connectivity index (χ0v) is 18.1. The molecule has 168 valence electrons. The van der Waals surface area contributed by atoms with Gasteiger partial charge in [-0.15, -0.1) is 0 Å². The number of fused-ring (bicyclic) bond motifs is 4. The number of pyridine rings is 1. The summed E-state index contributed by atoms with van der Waals surface area (Å²) >= 11 is 0. The van der Waals surface area contributed by atoms with Gasteiger partial charge in [0.15, 0.2) is 17.5 Å². The molecule has 8 nitrogen and oxygen atoms in total. The molecule has 1 atom stereocenters. The molecule has 1 aliphatic heterocycles. The van der Waals surface area contributed by atoms with Gasteiger partial charge in [-0.1, -0.05) is 18.2 Å². The molecule has 3 N–H and O–H groups in total. The molecule has 0 bridgehead atoms. The largest absolute Gasteiger partial charge is 0.485 e. The molecule has 0 fully saturated rings. The third-order valence-electron chi connectivity index (χ3n) is 6.19. The van der Waals surface area contributed by atoms with Gasteiger partial charge in [-0.3, -0.25) is 0 Å². The number of anilines is 2. The van der Waals surface area contributed by atoms with E-state index in [0.717, 1.165) is 25.5 Å². The normalized spacial score (nSPS) is 17.0. The molecule has 1 aliphatic carbocycles. The average molecular weight is 446 g/mol. The van der Waals surface area contributed by atoms with E-state index >= 15 is 0 Å². The Morgan fingerprint density at radius 1 is 1.24 bits per heavy atom. The quantitative estimate of drug-likeness (QED) is 0.437. The summed E-state index contributed by atoms with van der Waals surface area (Å²) in [4.78, 5) is 16.9. The van der Waals surface area contributed by atoms with Gasteiger partial charge in [0.25, 0.3) is 0 Å². The van der Waals surface area contributed by atoms with Gasteiger partial charge in [0, 0.05) is 22.6 Å². The topological polar surface area (TPSA) is 97.0 Å². The molecular formula is C24H23FN6O2. The van der Waals surface area contributed by atoms with E-state index in [1.54, 1.807) is 0 Å². The maximum absolute atomic E-state index is 14.0. The molecule has 0 saturated carbocycles. The molecule has 0 spiro atoms. The second-order valence-electron chi connectivity index (χ2n) is 8.27. The van der Waals surface area contributed by atoms with Crippen LogP contribution < -0.4 is 20.1 Å². The van der Waals surface area contributed by atoms with Gasteiger partial charge >= 0.3 is 0 Å². The lowest BCUT2D eigenvalue weighted by molar-refractivity contribution is 0.321. The van der Waals surface area contributed by atoms with E-state index in [9.17, 15) is 4.39 Å². The van der Waals surface area contributed by atoms with Crippen molar-refractivity contribution < 1.29 is 13.9 Å². The van der Waals surface area contributed by atoms with Crippen LogP contribution in [-0.2, 0) is 12.8 Å². The van der Waals surface area contributed by atoms with Gasteiger partial charge in [0.05, 0.1) is 25.4 Å². The van der Waals surface area contributed by atoms with Gasteiger partial charge in [0.1, 0.15) is 12.4 Å². The first-order chi connectivity index (χ1) is 16.2. The fraction of sp³-hybridized carbons (Fsp3) is 0.292. The van der Waals surface area contributed by atoms with Gasteiger partial charge in [-0.05, 0) is 37.0 Å². The Morgan fingerprint density at radius 3 is 3.06 bits per heavy atom. The number of aryl methyl sites for hydroxylation is 1. The first-order valence-corrected chi connectivity index (χ1v) is 11.0. The second kappa shape index (κ2) is 7.91. The Balaban J connectivity index is 1.38. The van der Waals surface area contributed by atoms with Crippen LogP contribution in [0.5, 0.6) is 11.6 Å². The second-order valence-corrected chi connectivity index (χ2v) is 8.27. The number of hydrogen-bond donors (Lipinski definition) is 3. The summed E-state index contributed by atoms with van der Waals surface area (Å²) in [6, 6.07) is 9.90. The minimum absolute atomic E-state index is 0.168. The molecule has 6 rings (SSSR count). The van der Waals surface area contributed by atoms with E-state index in [1.165, 1.54) is 35.3 Å². The summed E-state index contributed by atoms with van der Waals surface area (Å²) in [6.45, 7) is 1.15. The van der Waals surface area contributed by atoms with Gasteiger partial charge in [-0.25, -0.2) is 19.3 Å². The SMILES string of the molecule is COc1ncc(F)cc1-c1nc2c(c(N[C@@H]3CCc4[nH]c5ccccc5c4C3)n1)OCCN2. The third kappa shape index (κ3) is 3.49. The highest BCUT2D eigenvalue weighted by molar-refractivity contribution is 5.85. The van der Waals surface area contributed by atoms with Gasteiger partial charge in [-0.2, -0.15) is 0 Å². The number of halogens is 1. The highest BCUT2D eigenvalue weighted by Gasteiger charge is 2.27. The average Bonchev–Trinajstić information content (AvgIpc) is 3.22. The predicted octanol–water partition coefficient (Wildman–Crippen LogP) is 3.94. The number of benzene rings is 1. The zero-order valence-electron chi connectivity index (χ0n) is 18.1. The fourth-order valence-electron chi connectivity index (χ4n) is 4.68. The van der Waals surface area contributed by atoms with Crippen LogP contribution in [0.2, 0.25) is 0 Å². The minimum atomic E-state index is -0.481. The van der Waals surface area contributed by atoms with Crippen LogP contribution in [0.15, 0.2) is 36.5 Å². The standard InChI is InChI=1S/C24H23FN6O2/c1-32-24-17(10-13(25)12-27-24)21-30-22-20(33-9-8-26-22)23(31-21)28-14-6-7-19-16(11-14)15-4-2-3-5-18(15)29-19/h2-5,10,12,14,29H,6-9,11H2,1H3,(H2,26,28,30,31)/t14-/m1/s1. The van der Waals surface area contributed by atoms with Gasteiger partial charge < -0.3 is 25.1 Å². The molecule has 33 heavy (non-hydrogen) atoms. The minimum Gasteiger partial charge on any atom is -0.485 e. The Labute approximate surface area is 189 Å². The van der Waals surface area contributed by atoms with Crippen molar-refractivity contribution in [3.8, 4) is 23.0 Å². The Bertz CT molecular complexity index is 1350. The number of aromatic nitrogens is 4. The van der Waals surface area contributed by atoms with E-state index in [4.69, 9.17) is 14.5 Å². The van der Waals surface area contributed by atoms with Crippen molar-refractivity contribution in [1.29, 1.82) is 0 Å². The first-order valence-electron chi connectivity index (χ1n) is 11.0. The van der Waals surface area contributed by atoms with Crippen molar-refractivity contribution >= 4 is 22.5 Å². The summed E-state index contributed by atoms with van der Waals surface area (Å²) in [5.74, 6) is 1.84. The van der Waals surface area contributed by atoms with E-state index in [-0.39, 0.29) is 11.9 Å². The van der Waals surface area contributed by atoms with Crippen LogP contribution in [-0.4, -0.2) is 46.2 Å². The number of ether oxygens (including phenoxy) is 2. The highest BCUT2D eigenvalue weighted by atomic mass is 19.1. The number of hydrogen-bond acceptors (Lipinski definition) is 7. The molecule has 0 saturated heterocycles. The first kappa shape index (κ1) is 19.8. The van der Waals surface area contributed by atoms with E-state index in [0.29, 0.717) is 41.9 Å². The fourth-order valence-corrected chi connectivity index (χ4v) is 4.68. The summed E-state index contributed by atoms with van der Waals surface area (Å²) in [6.07, 6.45) is 3.88. The molecule has 3 aromatic heterocycles. The van der Waals surface area contributed by atoms with E-state index in [1.807, 2.05) is 0 Å². The van der Waals surface area contributed by atoms with E-state index in [2.05, 4.69) is 49.9 Å². The van der Waals surface area contributed by atoms with Crippen molar-refractivity contribution in [2.24, 2.45) is 0 Å². The number of H-pyrrole nitrogens is 1. The maximum Gasteiger partial charge on any atom is 0.224 e. The number of rotatable bonds is 4. The van der Waals surface area contributed by atoms with Crippen LogP contribution in [0.4, 0.5) is 16.0 Å². The third-order valence-corrected chi connectivity index (χ3v) is 6.19. The van der Waals surface area contributed by atoms with Crippen LogP contribution in [0.1, 0.15) is 17.7 Å². The number of methoxy groups -OCH3 is 1. The highest BCUT2D eigenvalue weighted by Crippen LogP contribution is 2.38. The summed E-state index contributed by atoms with van der Waals surface area (Å²) < 4.78 is 25.2. The molecular weight excluding hydrogens is 423 g/mol. The molecule has 9 heteroatoms. The van der Waals surface area contributed by atoms with Gasteiger partial charge in [0.2, 0.25) is 11.6 Å². The van der Waals surface area contributed by atoms with Crippen molar-refractivity contribution in [2.45, 2.75) is 25.3 Å². The smallest absolute Gasteiger partial charge is 0.224 e. The predicted molar refractivity (Wildman–Crippen MR) is 123 cm³/mol. The van der Waals surface area contributed by atoms with Crippen molar-refractivity contribution in [1.82, 2.24) is 19.9 Å². The summed E-state index contributed by atoms with van der Waals surface area (Å²) in [7, 11) is 1.49. The molecule has 4 aromatic rings. The zero-order chi connectivity index (χ0) is 22.4. The van der Waals surface area contributed by atoms with Crippen LogP contribution in [0.3, 0.4) is 0 Å². The maximum atomic E-state index is 14.0. The number of nitrogens with one attached hydrogen (secondary N) is 3. The van der Waals surface area contributed by atoms with Crippen molar-refractivity contribution in [3.63, 3.8) is 0 Å². The van der Waals surface area contributed by atoms with Crippen LogP contribution in [0.25, 0.3) is 22.3 Å². The summed E-state index contributed by atoms with van der Waals surface area (Å²) in [5.41, 5.74) is 4.20. The van der Waals surface area contributed by atoms with Crippen LogP contribution >= 0.6 is 0 Å². The van der Waals surface area contributed by atoms with Crippen LogP contribution in [0, 0.1) is 5.82 Å².